The number of hydrogen-bond acceptors (Lipinski definition) is 6. The number of rotatable bonds is 5. The lowest BCUT2D eigenvalue weighted by molar-refractivity contribution is 0.412. The van der Waals surface area contributed by atoms with Crippen molar-refractivity contribution in [3.8, 4) is 11.6 Å². The van der Waals surface area contributed by atoms with Gasteiger partial charge in [-0.05, 0) is 35.9 Å². The van der Waals surface area contributed by atoms with Crippen molar-refractivity contribution in [2.75, 3.05) is 7.11 Å². The van der Waals surface area contributed by atoms with E-state index >= 15 is 0 Å². The van der Waals surface area contributed by atoms with Gasteiger partial charge in [-0.1, -0.05) is 53.8 Å². The average Bonchev–Trinajstić information content (AvgIpc) is 3.19. The van der Waals surface area contributed by atoms with Crippen molar-refractivity contribution in [3.05, 3.63) is 99.1 Å². The summed E-state index contributed by atoms with van der Waals surface area (Å²) in [5.74, 6) is 0.571. The summed E-state index contributed by atoms with van der Waals surface area (Å²) in [6.45, 7) is 0.211. The lowest BCUT2D eigenvalue weighted by atomic mass is 10.1. The lowest BCUT2D eigenvalue weighted by Crippen LogP contribution is -2.22. The molecule has 7 nitrogen and oxygen atoms in total. The first-order valence-corrected chi connectivity index (χ1v) is 11.5. The first-order valence-electron chi connectivity index (χ1n) is 10.7. The Hall–Kier alpha value is -4.17. The van der Waals surface area contributed by atoms with Crippen molar-refractivity contribution >= 4 is 38.5 Å². The highest BCUT2D eigenvalue weighted by Crippen LogP contribution is 2.24. The van der Waals surface area contributed by atoms with Crippen LogP contribution in [-0.2, 0) is 13.6 Å². The van der Waals surface area contributed by atoms with E-state index in [1.807, 2.05) is 66.2 Å². The van der Waals surface area contributed by atoms with E-state index in [0.717, 1.165) is 26.3 Å². The molecule has 0 radical (unpaired) electrons. The van der Waals surface area contributed by atoms with E-state index in [2.05, 4.69) is 10.2 Å². The molecule has 0 aliphatic carbocycles. The van der Waals surface area contributed by atoms with Crippen molar-refractivity contribution in [1.82, 2.24) is 9.13 Å². The van der Waals surface area contributed by atoms with Gasteiger partial charge >= 0.3 is 0 Å². The van der Waals surface area contributed by atoms with Crippen LogP contribution >= 0.6 is 11.3 Å². The maximum Gasteiger partial charge on any atom is 0.261 e. The number of hydrogen-bond donors (Lipinski definition) is 1. The van der Waals surface area contributed by atoms with Crippen LogP contribution in [0.2, 0.25) is 0 Å². The fourth-order valence-electron chi connectivity index (χ4n) is 3.91. The van der Waals surface area contributed by atoms with E-state index in [-0.39, 0.29) is 18.0 Å². The maximum absolute atomic E-state index is 13.2. The second kappa shape index (κ2) is 8.99. The second-order valence-electron chi connectivity index (χ2n) is 7.78. The van der Waals surface area contributed by atoms with Crippen LogP contribution in [0.5, 0.6) is 11.6 Å². The van der Waals surface area contributed by atoms with Gasteiger partial charge in [0.05, 0.1) is 35.6 Å². The van der Waals surface area contributed by atoms with E-state index in [1.54, 1.807) is 25.3 Å². The van der Waals surface area contributed by atoms with Crippen LogP contribution in [0.4, 0.5) is 0 Å². The SMILES string of the molecule is COc1ccc(Cn2c(O)c(/C=N\N=c3\sc4ccccc4n3C)c3ccccc3c2=O)cc1. The fourth-order valence-corrected chi connectivity index (χ4v) is 4.89. The molecule has 3 aromatic carbocycles. The number of aromatic nitrogens is 2. The molecule has 1 N–H and O–H groups in total. The molecule has 0 saturated carbocycles. The molecule has 2 aromatic heterocycles. The Balaban J connectivity index is 1.61. The van der Waals surface area contributed by atoms with Crippen LogP contribution in [0.1, 0.15) is 11.1 Å². The van der Waals surface area contributed by atoms with Crippen LogP contribution < -0.4 is 15.1 Å². The molecular weight excluding hydrogens is 448 g/mol. The second-order valence-corrected chi connectivity index (χ2v) is 8.79. The summed E-state index contributed by atoms with van der Waals surface area (Å²) in [4.78, 5) is 13.9. The Bertz CT molecular complexity index is 1660. The van der Waals surface area contributed by atoms with Crippen LogP contribution in [0.15, 0.2) is 87.8 Å². The van der Waals surface area contributed by atoms with Gasteiger partial charge in [0.2, 0.25) is 10.7 Å². The van der Waals surface area contributed by atoms with Crippen LogP contribution in [-0.4, -0.2) is 27.6 Å². The lowest BCUT2D eigenvalue weighted by Gasteiger charge is -2.13. The van der Waals surface area contributed by atoms with Crippen molar-refractivity contribution in [1.29, 1.82) is 0 Å². The third kappa shape index (κ3) is 3.88. The number of pyridine rings is 1. The number of thiazole rings is 1. The zero-order chi connectivity index (χ0) is 23.7. The van der Waals surface area contributed by atoms with Gasteiger partial charge in [0.1, 0.15) is 5.75 Å². The molecule has 8 heteroatoms. The number of fused-ring (bicyclic) bond motifs is 2. The van der Waals surface area contributed by atoms with Gasteiger partial charge < -0.3 is 14.4 Å². The average molecular weight is 471 g/mol. The Morgan fingerprint density at radius 3 is 2.44 bits per heavy atom. The van der Waals surface area contributed by atoms with Gasteiger partial charge in [-0.25, -0.2) is 0 Å². The summed E-state index contributed by atoms with van der Waals surface area (Å²) in [6.07, 6.45) is 1.51. The van der Waals surface area contributed by atoms with E-state index in [1.165, 1.54) is 22.1 Å². The highest BCUT2D eigenvalue weighted by atomic mass is 32.1. The number of nitrogens with zero attached hydrogens (tertiary/aromatic N) is 4. The number of methoxy groups -OCH3 is 1. The molecule has 2 heterocycles. The molecule has 0 bridgehead atoms. The summed E-state index contributed by atoms with van der Waals surface area (Å²) in [5.41, 5.74) is 2.10. The number of ether oxygens (including phenoxy) is 1. The normalized spacial score (nSPS) is 12.2. The monoisotopic (exact) mass is 470 g/mol. The molecule has 0 fully saturated rings. The van der Waals surface area contributed by atoms with E-state index in [4.69, 9.17) is 4.74 Å². The predicted molar refractivity (Wildman–Crippen MR) is 136 cm³/mol. The minimum absolute atomic E-state index is 0.154. The molecule has 170 valence electrons. The zero-order valence-electron chi connectivity index (χ0n) is 18.7. The molecule has 0 aliphatic rings. The highest BCUT2D eigenvalue weighted by molar-refractivity contribution is 7.16. The molecule has 0 aliphatic heterocycles. The molecule has 5 rings (SSSR count). The summed E-state index contributed by atoms with van der Waals surface area (Å²) >= 11 is 1.53. The standard InChI is InChI=1S/C26H22N4O3S/c1-29-22-9-5-6-10-23(22)34-26(29)28-27-15-21-19-7-3-4-8-20(19)24(31)30(25(21)32)16-17-11-13-18(33-2)14-12-17/h3-15,32H,16H2,1-2H3/b27-15-,28-26+. The minimum atomic E-state index is -0.270. The van der Waals surface area contributed by atoms with Crippen LogP contribution in [0.25, 0.3) is 21.0 Å². The quantitative estimate of drug-likeness (QED) is 0.308. The van der Waals surface area contributed by atoms with Crippen LogP contribution in [0.3, 0.4) is 0 Å². The van der Waals surface area contributed by atoms with Gasteiger partial charge in [0.15, 0.2) is 0 Å². The molecular formula is C26H22N4O3S. The van der Waals surface area contributed by atoms with Gasteiger partial charge in [0.25, 0.3) is 5.56 Å². The molecule has 0 saturated heterocycles. The smallest absolute Gasteiger partial charge is 0.261 e. The van der Waals surface area contributed by atoms with Gasteiger partial charge in [0, 0.05) is 17.8 Å². The van der Waals surface area contributed by atoms with Gasteiger partial charge in [-0.2, -0.15) is 5.10 Å². The third-order valence-corrected chi connectivity index (χ3v) is 6.84. The van der Waals surface area contributed by atoms with E-state index in [0.29, 0.717) is 16.3 Å². The van der Waals surface area contributed by atoms with E-state index in [9.17, 15) is 9.90 Å². The highest BCUT2D eigenvalue weighted by Gasteiger charge is 2.15. The van der Waals surface area contributed by atoms with Crippen molar-refractivity contribution in [3.63, 3.8) is 0 Å². The molecule has 34 heavy (non-hydrogen) atoms. The molecule has 0 atom stereocenters. The van der Waals surface area contributed by atoms with Crippen molar-refractivity contribution < 1.29 is 9.84 Å². The minimum Gasteiger partial charge on any atom is -0.497 e. The Morgan fingerprint density at radius 1 is 1.00 bits per heavy atom. The van der Waals surface area contributed by atoms with Crippen molar-refractivity contribution in [2.45, 2.75) is 6.54 Å². The summed E-state index contributed by atoms with van der Waals surface area (Å²) in [5, 5.41) is 20.9. The Morgan fingerprint density at radius 2 is 1.71 bits per heavy atom. The largest absolute Gasteiger partial charge is 0.497 e. The Kier molecular flexibility index (Phi) is 5.73. The van der Waals surface area contributed by atoms with E-state index < -0.39 is 0 Å². The predicted octanol–water partition coefficient (Wildman–Crippen LogP) is 4.25. The first-order chi connectivity index (χ1) is 16.6. The maximum atomic E-state index is 13.2. The number of para-hydroxylation sites is 1. The van der Waals surface area contributed by atoms with Gasteiger partial charge in [-0.3, -0.25) is 9.36 Å². The molecule has 0 spiro atoms. The number of aromatic hydroxyl groups is 1. The fraction of sp³-hybridized carbons (Fsp3) is 0.115. The summed E-state index contributed by atoms with van der Waals surface area (Å²) < 4.78 is 9.64. The molecule has 0 amide bonds. The Labute approximate surface area is 199 Å². The first kappa shape index (κ1) is 21.7. The summed E-state index contributed by atoms with van der Waals surface area (Å²) in [7, 11) is 3.54. The van der Waals surface area contributed by atoms with Crippen LogP contribution in [0, 0.1) is 0 Å². The topological polar surface area (TPSA) is 81.1 Å². The third-order valence-electron chi connectivity index (χ3n) is 5.73. The molecule has 0 unspecified atom stereocenters. The number of aryl methyl sites for hydroxylation is 1. The zero-order valence-corrected chi connectivity index (χ0v) is 19.5. The molecule has 5 aromatic rings. The van der Waals surface area contributed by atoms with Gasteiger partial charge in [-0.15, -0.1) is 5.10 Å². The summed E-state index contributed by atoms with van der Waals surface area (Å²) in [6, 6.07) is 22.6. The number of benzene rings is 3. The van der Waals surface area contributed by atoms with Crippen molar-refractivity contribution in [2.24, 2.45) is 17.3 Å².